The maximum Gasteiger partial charge on any atom is 0.227 e. The standard InChI is InChI=1S/C14H11FO2S/c1-17-10-6-8-11(9-7-10)18-14(16)12-4-2-3-5-13(12)15/h2-9H,1H3. The number of hydrogen-bond donors (Lipinski definition) is 0. The Hall–Kier alpha value is -1.81. The van der Waals surface area contributed by atoms with Gasteiger partial charge < -0.3 is 4.74 Å². The molecule has 2 rings (SSSR count). The summed E-state index contributed by atoms with van der Waals surface area (Å²) in [7, 11) is 1.58. The molecule has 0 saturated heterocycles. The molecule has 0 aliphatic carbocycles. The van der Waals surface area contributed by atoms with Crippen LogP contribution in [-0.4, -0.2) is 12.2 Å². The number of methoxy groups -OCH3 is 1. The molecule has 0 amide bonds. The quantitative estimate of drug-likeness (QED) is 0.788. The lowest BCUT2D eigenvalue weighted by molar-refractivity contribution is 0.108. The van der Waals surface area contributed by atoms with Gasteiger partial charge in [-0.05, 0) is 48.2 Å². The summed E-state index contributed by atoms with van der Waals surface area (Å²) in [5, 5.41) is -0.307. The van der Waals surface area contributed by atoms with E-state index in [-0.39, 0.29) is 10.7 Å². The number of rotatable bonds is 3. The second-order valence-corrected chi connectivity index (χ2v) is 4.59. The predicted octanol–water partition coefficient (Wildman–Crippen LogP) is 3.77. The van der Waals surface area contributed by atoms with Gasteiger partial charge in [-0.1, -0.05) is 12.1 Å². The van der Waals surface area contributed by atoms with Gasteiger partial charge in [0.1, 0.15) is 11.6 Å². The van der Waals surface area contributed by atoms with Crippen molar-refractivity contribution in [3.63, 3.8) is 0 Å². The van der Waals surface area contributed by atoms with Gasteiger partial charge in [-0.25, -0.2) is 4.39 Å². The van der Waals surface area contributed by atoms with Gasteiger partial charge in [0.25, 0.3) is 0 Å². The van der Waals surface area contributed by atoms with Gasteiger partial charge in [-0.15, -0.1) is 0 Å². The van der Waals surface area contributed by atoms with Crippen LogP contribution in [0.25, 0.3) is 0 Å². The molecule has 0 bridgehead atoms. The van der Waals surface area contributed by atoms with Crippen molar-refractivity contribution in [3.8, 4) is 5.75 Å². The predicted molar refractivity (Wildman–Crippen MR) is 69.6 cm³/mol. The van der Waals surface area contributed by atoms with E-state index in [9.17, 15) is 9.18 Å². The normalized spacial score (nSPS) is 10.1. The number of halogens is 1. The highest BCUT2D eigenvalue weighted by molar-refractivity contribution is 8.14. The summed E-state index contributed by atoms with van der Waals surface area (Å²) in [5.74, 6) is 0.223. The number of thioether (sulfide) groups is 1. The Morgan fingerprint density at radius 2 is 1.78 bits per heavy atom. The zero-order chi connectivity index (χ0) is 13.0. The third kappa shape index (κ3) is 2.90. The number of carbonyl (C=O) groups excluding carboxylic acids is 1. The highest BCUT2D eigenvalue weighted by atomic mass is 32.2. The Balaban J connectivity index is 2.14. The topological polar surface area (TPSA) is 26.3 Å². The zero-order valence-electron chi connectivity index (χ0n) is 9.72. The van der Waals surface area contributed by atoms with E-state index in [1.165, 1.54) is 12.1 Å². The summed E-state index contributed by atoms with van der Waals surface area (Å²) in [5.41, 5.74) is 0.0957. The number of benzene rings is 2. The van der Waals surface area contributed by atoms with E-state index >= 15 is 0 Å². The fourth-order valence-corrected chi connectivity index (χ4v) is 2.19. The Labute approximate surface area is 109 Å². The van der Waals surface area contributed by atoms with Crippen molar-refractivity contribution in [1.82, 2.24) is 0 Å². The van der Waals surface area contributed by atoms with Gasteiger partial charge >= 0.3 is 0 Å². The number of carbonyl (C=O) groups is 1. The lowest BCUT2D eigenvalue weighted by atomic mass is 10.2. The van der Waals surface area contributed by atoms with E-state index in [2.05, 4.69) is 0 Å². The van der Waals surface area contributed by atoms with Crippen LogP contribution in [0.3, 0.4) is 0 Å². The second kappa shape index (κ2) is 5.69. The van der Waals surface area contributed by atoms with Gasteiger partial charge in [-0.2, -0.15) is 0 Å². The highest BCUT2D eigenvalue weighted by Gasteiger charge is 2.12. The Bertz CT molecular complexity index is 552. The minimum atomic E-state index is -0.497. The maximum atomic E-state index is 13.4. The first kappa shape index (κ1) is 12.6. The summed E-state index contributed by atoms with van der Waals surface area (Å²) in [6.07, 6.45) is 0. The molecule has 0 N–H and O–H groups in total. The smallest absolute Gasteiger partial charge is 0.227 e. The van der Waals surface area contributed by atoms with Crippen molar-refractivity contribution in [2.24, 2.45) is 0 Å². The maximum absolute atomic E-state index is 13.4. The average Bonchev–Trinajstić information content (AvgIpc) is 2.40. The van der Waals surface area contributed by atoms with Crippen molar-refractivity contribution in [3.05, 3.63) is 59.9 Å². The first-order chi connectivity index (χ1) is 8.70. The van der Waals surface area contributed by atoms with Gasteiger partial charge in [-0.3, -0.25) is 4.79 Å². The van der Waals surface area contributed by atoms with Crippen LogP contribution in [0.4, 0.5) is 4.39 Å². The van der Waals surface area contributed by atoms with Crippen LogP contribution in [0.15, 0.2) is 53.4 Å². The Morgan fingerprint density at radius 1 is 1.11 bits per heavy atom. The van der Waals surface area contributed by atoms with Crippen LogP contribution in [0.2, 0.25) is 0 Å². The molecule has 0 aromatic heterocycles. The van der Waals surface area contributed by atoms with Crippen molar-refractivity contribution in [2.45, 2.75) is 4.90 Å². The summed E-state index contributed by atoms with van der Waals surface area (Å²) in [4.78, 5) is 12.6. The van der Waals surface area contributed by atoms with E-state index in [0.717, 1.165) is 22.4 Å². The van der Waals surface area contributed by atoms with Crippen molar-refractivity contribution < 1.29 is 13.9 Å². The molecule has 2 aromatic carbocycles. The van der Waals surface area contributed by atoms with Crippen molar-refractivity contribution in [2.75, 3.05) is 7.11 Å². The van der Waals surface area contributed by atoms with Crippen LogP contribution in [-0.2, 0) is 0 Å². The fourth-order valence-electron chi connectivity index (χ4n) is 1.43. The minimum Gasteiger partial charge on any atom is -0.497 e. The SMILES string of the molecule is COc1ccc(SC(=O)c2ccccc2F)cc1. The Kier molecular flexibility index (Phi) is 3.99. The number of ether oxygens (including phenoxy) is 1. The first-order valence-corrected chi connectivity index (χ1v) is 6.13. The van der Waals surface area contributed by atoms with E-state index in [0.29, 0.717) is 0 Å². The highest BCUT2D eigenvalue weighted by Crippen LogP contribution is 2.25. The molecule has 0 unspecified atom stereocenters. The average molecular weight is 262 g/mol. The van der Waals surface area contributed by atoms with E-state index in [1.54, 1.807) is 43.5 Å². The minimum absolute atomic E-state index is 0.0957. The molecule has 0 spiro atoms. The Morgan fingerprint density at radius 3 is 2.39 bits per heavy atom. The van der Waals surface area contributed by atoms with Crippen LogP contribution >= 0.6 is 11.8 Å². The largest absolute Gasteiger partial charge is 0.497 e. The van der Waals surface area contributed by atoms with E-state index in [4.69, 9.17) is 4.74 Å². The van der Waals surface area contributed by atoms with Gasteiger partial charge in [0.2, 0.25) is 5.12 Å². The monoisotopic (exact) mass is 262 g/mol. The van der Waals surface area contributed by atoms with Crippen molar-refractivity contribution >= 4 is 16.9 Å². The summed E-state index contributed by atoms with van der Waals surface area (Å²) in [6, 6.07) is 13.0. The molecular weight excluding hydrogens is 251 g/mol. The zero-order valence-corrected chi connectivity index (χ0v) is 10.5. The lowest BCUT2D eigenvalue weighted by Gasteiger charge is -2.03. The molecule has 0 heterocycles. The molecule has 2 nitrogen and oxygen atoms in total. The molecule has 2 aromatic rings. The number of hydrogen-bond acceptors (Lipinski definition) is 3. The van der Waals surface area contributed by atoms with Crippen LogP contribution in [0.5, 0.6) is 5.75 Å². The molecule has 0 aliphatic heterocycles. The molecular formula is C14H11FO2S. The molecule has 92 valence electrons. The van der Waals surface area contributed by atoms with Gasteiger partial charge in [0.15, 0.2) is 0 Å². The first-order valence-electron chi connectivity index (χ1n) is 5.31. The summed E-state index contributed by atoms with van der Waals surface area (Å²) >= 11 is 0.996. The molecule has 0 atom stereocenters. The third-order valence-electron chi connectivity index (χ3n) is 2.36. The summed E-state index contributed by atoms with van der Waals surface area (Å²) < 4.78 is 18.4. The molecule has 18 heavy (non-hydrogen) atoms. The lowest BCUT2D eigenvalue weighted by Crippen LogP contribution is -1.96. The molecule has 4 heteroatoms. The molecule has 0 aliphatic rings. The van der Waals surface area contributed by atoms with Crippen LogP contribution in [0, 0.1) is 5.82 Å². The second-order valence-electron chi connectivity index (χ2n) is 3.54. The van der Waals surface area contributed by atoms with Gasteiger partial charge in [0, 0.05) is 4.90 Å². The van der Waals surface area contributed by atoms with Crippen LogP contribution in [0.1, 0.15) is 10.4 Å². The van der Waals surface area contributed by atoms with E-state index in [1.807, 2.05) is 0 Å². The molecule has 0 saturated carbocycles. The third-order valence-corrected chi connectivity index (χ3v) is 3.28. The summed E-state index contributed by atoms with van der Waals surface area (Å²) in [6.45, 7) is 0. The van der Waals surface area contributed by atoms with E-state index < -0.39 is 5.82 Å². The molecule has 0 radical (unpaired) electrons. The fraction of sp³-hybridized carbons (Fsp3) is 0.0714. The van der Waals surface area contributed by atoms with Crippen LogP contribution < -0.4 is 4.74 Å². The van der Waals surface area contributed by atoms with Gasteiger partial charge in [0.05, 0.1) is 12.7 Å². The van der Waals surface area contributed by atoms with Crippen molar-refractivity contribution in [1.29, 1.82) is 0 Å². The molecule has 0 fully saturated rings.